The number of nitrogens with two attached hydrogens (primary N) is 1. The summed E-state index contributed by atoms with van der Waals surface area (Å²) in [5.74, 6) is 2.73. The number of hydrogen-bond acceptors (Lipinski definition) is 4. The first-order valence-electron chi connectivity index (χ1n) is 7.13. The Balaban J connectivity index is 1.97. The normalized spacial score (nSPS) is 14.3. The Morgan fingerprint density at radius 1 is 1.14 bits per heavy atom. The molecule has 0 saturated heterocycles. The third kappa shape index (κ3) is 2.88. The van der Waals surface area contributed by atoms with Crippen LogP contribution in [0, 0.1) is 20.8 Å². The van der Waals surface area contributed by atoms with E-state index in [0.29, 0.717) is 11.7 Å². The number of nitrogens with zero attached hydrogens (tertiary/aromatic N) is 2. The fraction of sp³-hybridized carbons (Fsp3) is 0.375. The number of aromatic nitrogens is 2. The van der Waals surface area contributed by atoms with Gasteiger partial charge in [-0.3, -0.25) is 0 Å². The molecule has 1 saturated carbocycles. The Morgan fingerprint density at radius 3 is 2.33 bits per heavy atom. The van der Waals surface area contributed by atoms with Crippen LogP contribution in [0.3, 0.4) is 0 Å². The van der Waals surface area contributed by atoms with E-state index in [1.54, 1.807) is 0 Å². The first-order chi connectivity index (χ1) is 9.95. The Hall–Kier alpha value is -1.62. The molecule has 1 aromatic heterocycles. The maximum absolute atomic E-state index is 6.03. The average Bonchev–Trinajstić information content (AvgIpc) is 3.25. The van der Waals surface area contributed by atoms with Crippen molar-refractivity contribution >= 4 is 33.3 Å². The minimum atomic E-state index is 0.488. The van der Waals surface area contributed by atoms with Gasteiger partial charge in [-0.25, -0.2) is 9.97 Å². The molecule has 1 aliphatic rings. The van der Waals surface area contributed by atoms with Crippen LogP contribution in [0.1, 0.15) is 41.3 Å². The highest BCUT2D eigenvalue weighted by atomic mass is 79.9. The molecule has 2 aromatic rings. The van der Waals surface area contributed by atoms with Gasteiger partial charge in [0.05, 0.1) is 0 Å². The van der Waals surface area contributed by atoms with Crippen LogP contribution in [0.4, 0.5) is 17.3 Å². The highest BCUT2D eigenvalue weighted by Crippen LogP contribution is 2.39. The Morgan fingerprint density at radius 2 is 1.76 bits per heavy atom. The van der Waals surface area contributed by atoms with Crippen LogP contribution in [0.15, 0.2) is 16.6 Å². The summed E-state index contributed by atoms with van der Waals surface area (Å²) < 4.78 is 1.14. The highest BCUT2D eigenvalue weighted by Gasteiger charge is 2.27. The summed E-state index contributed by atoms with van der Waals surface area (Å²) in [4.78, 5) is 9.06. The van der Waals surface area contributed by atoms with E-state index >= 15 is 0 Å². The first-order valence-corrected chi connectivity index (χ1v) is 7.92. The number of halogens is 1. The van der Waals surface area contributed by atoms with Crippen LogP contribution in [0.2, 0.25) is 0 Å². The van der Waals surface area contributed by atoms with Gasteiger partial charge in [0.2, 0.25) is 0 Å². The fourth-order valence-electron chi connectivity index (χ4n) is 2.35. The van der Waals surface area contributed by atoms with Gasteiger partial charge in [0.25, 0.3) is 0 Å². The molecular formula is C16H19BrN4. The summed E-state index contributed by atoms with van der Waals surface area (Å²) in [5, 5.41) is 3.39. The lowest BCUT2D eigenvalue weighted by Crippen LogP contribution is -2.06. The predicted octanol–water partition coefficient (Wildman–Crippen LogP) is 4.37. The molecule has 110 valence electrons. The molecule has 5 heteroatoms. The standard InChI is InChI=1S/C16H19BrN4/c1-8-6-12(7-9(2)13(8)17)19-15-10(3)14(18)20-16(21-15)11-4-5-11/h6-7,11H,4-5H2,1-3H3,(H3,18,19,20,21). The Labute approximate surface area is 133 Å². The summed E-state index contributed by atoms with van der Waals surface area (Å²) >= 11 is 3.59. The van der Waals surface area contributed by atoms with Crippen molar-refractivity contribution in [2.24, 2.45) is 0 Å². The van der Waals surface area contributed by atoms with E-state index in [2.05, 4.69) is 57.2 Å². The quantitative estimate of drug-likeness (QED) is 0.866. The van der Waals surface area contributed by atoms with E-state index in [1.165, 1.54) is 24.0 Å². The lowest BCUT2D eigenvalue weighted by Gasteiger charge is -2.14. The monoisotopic (exact) mass is 346 g/mol. The lowest BCUT2D eigenvalue weighted by molar-refractivity contribution is 0.927. The number of anilines is 3. The molecule has 1 aliphatic carbocycles. The SMILES string of the molecule is Cc1cc(Nc2nc(C3CC3)nc(N)c2C)cc(C)c1Br. The van der Waals surface area contributed by atoms with Gasteiger partial charge in [0.15, 0.2) is 0 Å². The highest BCUT2D eigenvalue weighted by molar-refractivity contribution is 9.10. The van der Waals surface area contributed by atoms with Crippen molar-refractivity contribution in [3.8, 4) is 0 Å². The number of nitrogen functional groups attached to an aromatic ring is 1. The second-order valence-corrected chi connectivity index (χ2v) is 6.56. The second kappa shape index (κ2) is 5.30. The molecule has 0 unspecified atom stereocenters. The van der Waals surface area contributed by atoms with Crippen LogP contribution < -0.4 is 11.1 Å². The number of hydrogen-bond donors (Lipinski definition) is 2. The second-order valence-electron chi connectivity index (χ2n) is 5.76. The van der Waals surface area contributed by atoms with E-state index in [4.69, 9.17) is 5.73 Å². The van der Waals surface area contributed by atoms with E-state index in [-0.39, 0.29) is 0 Å². The number of rotatable bonds is 3. The third-order valence-corrected chi connectivity index (χ3v) is 5.09. The molecule has 0 bridgehead atoms. The maximum Gasteiger partial charge on any atom is 0.139 e. The van der Waals surface area contributed by atoms with E-state index in [9.17, 15) is 0 Å². The molecule has 0 radical (unpaired) electrons. The zero-order valence-corrected chi connectivity index (χ0v) is 14.1. The van der Waals surface area contributed by atoms with Crippen molar-refractivity contribution < 1.29 is 0 Å². The van der Waals surface area contributed by atoms with Crippen molar-refractivity contribution in [2.75, 3.05) is 11.1 Å². The van der Waals surface area contributed by atoms with Crippen molar-refractivity contribution in [2.45, 2.75) is 39.5 Å². The smallest absolute Gasteiger partial charge is 0.139 e. The summed E-state index contributed by atoms with van der Waals surface area (Å²) in [6, 6.07) is 4.21. The topological polar surface area (TPSA) is 63.8 Å². The molecule has 1 heterocycles. The van der Waals surface area contributed by atoms with Crippen LogP contribution in [-0.4, -0.2) is 9.97 Å². The van der Waals surface area contributed by atoms with Crippen molar-refractivity contribution in [3.05, 3.63) is 39.1 Å². The molecule has 0 atom stereocenters. The zero-order valence-electron chi connectivity index (χ0n) is 12.5. The van der Waals surface area contributed by atoms with Gasteiger partial charge in [-0.15, -0.1) is 0 Å². The third-order valence-electron chi connectivity index (χ3n) is 3.84. The van der Waals surface area contributed by atoms with Crippen LogP contribution in [0.25, 0.3) is 0 Å². The van der Waals surface area contributed by atoms with Gasteiger partial charge >= 0.3 is 0 Å². The predicted molar refractivity (Wildman–Crippen MR) is 90.1 cm³/mol. The maximum atomic E-state index is 6.03. The summed E-state index contributed by atoms with van der Waals surface area (Å²) in [6.45, 7) is 6.12. The summed E-state index contributed by atoms with van der Waals surface area (Å²) in [6.07, 6.45) is 2.33. The minimum Gasteiger partial charge on any atom is -0.383 e. The summed E-state index contributed by atoms with van der Waals surface area (Å²) in [7, 11) is 0. The molecule has 4 nitrogen and oxygen atoms in total. The van der Waals surface area contributed by atoms with Gasteiger partial charge in [-0.1, -0.05) is 15.9 Å². The molecule has 21 heavy (non-hydrogen) atoms. The van der Waals surface area contributed by atoms with E-state index in [1.807, 2.05) is 6.92 Å². The first kappa shape index (κ1) is 14.3. The molecule has 3 rings (SSSR count). The molecule has 0 amide bonds. The number of nitrogens with one attached hydrogen (secondary N) is 1. The van der Waals surface area contributed by atoms with Crippen LogP contribution in [0.5, 0.6) is 0 Å². The van der Waals surface area contributed by atoms with Gasteiger partial charge in [0.1, 0.15) is 17.5 Å². The Kier molecular flexibility index (Phi) is 3.61. The minimum absolute atomic E-state index is 0.488. The molecule has 1 aromatic carbocycles. The molecule has 0 spiro atoms. The van der Waals surface area contributed by atoms with Crippen LogP contribution in [-0.2, 0) is 0 Å². The van der Waals surface area contributed by atoms with Gasteiger partial charge in [0, 0.05) is 21.6 Å². The summed E-state index contributed by atoms with van der Waals surface area (Å²) in [5.41, 5.74) is 10.3. The van der Waals surface area contributed by atoms with Crippen molar-refractivity contribution in [1.29, 1.82) is 0 Å². The average molecular weight is 347 g/mol. The lowest BCUT2D eigenvalue weighted by atomic mass is 10.1. The molecule has 3 N–H and O–H groups in total. The molecule has 0 aliphatic heterocycles. The molecular weight excluding hydrogens is 328 g/mol. The van der Waals surface area contributed by atoms with Crippen molar-refractivity contribution in [1.82, 2.24) is 9.97 Å². The van der Waals surface area contributed by atoms with E-state index in [0.717, 1.165) is 27.4 Å². The van der Waals surface area contributed by atoms with E-state index < -0.39 is 0 Å². The number of aryl methyl sites for hydroxylation is 2. The largest absolute Gasteiger partial charge is 0.383 e. The fourth-order valence-corrected chi connectivity index (χ4v) is 2.58. The van der Waals surface area contributed by atoms with Gasteiger partial charge in [-0.05, 0) is 56.9 Å². The number of benzene rings is 1. The Bertz CT molecular complexity index is 685. The van der Waals surface area contributed by atoms with Gasteiger partial charge in [-0.2, -0.15) is 0 Å². The van der Waals surface area contributed by atoms with Crippen molar-refractivity contribution in [3.63, 3.8) is 0 Å². The molecule has 1 fully saturated rings. The van der Waals surface area contributed by atoms with Crippen LogP contribution >= 0.6 is 15.9 Å². The zero-order chi connectivity index (χ0) is 15.1. The van der Waals surface area contributed by atoms with Gasteiger partial charge < -0.3 is 11.1 Å².